The van der Waals surface area contributed by atoms with Gasteiger partial charge in [-0.1, -0.05) is 6.07 Å². The maximum atomic E-state index is 15.2. The Balaban J connectivity index is 1.23. The second-order valence-electron chi connectivity index (χ2n) is 9.08. The van der Waals surface area contributed by atoms with Gasteiger partial charge in [-0.3, -0.25) is 4.98 Å². The normalized spacial score (nSPS) is 13.1. The Morgan fingerprint density at radius 1 is 0.923 bits per heavy atom. The Morgan fingerprint density at radius 2 is 1.82 bits per heavy atom. The summed E-state index contributed by atoms with van der Waals surface area (Å²) in [5.74, 6) is 1.74. The standard InChI is InChI=1S/C29H25FN6O3/c1-17-3-4-19(13-33-17)18-7-8-32-28(9-18)39-20-5-6-24(23(30)10-20)36-29-22-11-27(38-21-14-31-15-21)26(37-2)12-25(22)34-16-35-29/h3-13,16,21,31H,14-15H2,1-2H3,(H,34,35,36). The topological polar surface area (TPSA) is 103 Å². The SMILES string of the molecule is COc1cc2ncnc(Nc3ccc(Oc4cc(-c5ccc(C)nc5)ccn4)cc3F)c2cc1OC1CNC1. The molecule has 1 saturated heterocycles. The van der Waals surface area contributed by atoms with E-state index in [1.54, 1.807) is 43.8 Å². The van der Waals surface area contributed by atoms with E-state index in [0.29, 0.717) is 39.8 Å². The number of benzene rings is 2. The van der Waals surface area contributed by atoms with Crippen molar-refractivity contribution >= 4 is 22.4 Å². The third-order valence-electron chi connectivity index (χ3n) is 6.35. The molecule has 10 heteroatoms. The smallest absolute Gasteiger partial charge is 0.219 e. The van der Waals surface area contributed by atoms with Gasteiger partial charge in [-0.25, -0.2) is 19.3 Å². The summed E-state index contributed by atoms with van der Waals surface area (Å²) in [7, 11) is 1.58. The van der Waals surface area contributed by atoms with E-state index >= 15 is 4.39 Å². The lowest BCUT2D eigenvalue weighted by molar-refractivity contribution is 0.137. The number of halogens is 1. The quantitative estimate of drug-likeness (QED) is 0.275. The molecule has 2 aromatic carbocycles. The van der Waals surface area contributed by atoms with Crippen LogP contribution in [0.4, 0.5) is 15.9 Å². The molecule has 0 radical (unpaired) electrons. The average molecular weight is 525 g/mol. The number of ether oxygens (including phenoxy) is 3. The van der Waals surface area contributed by atoms with Gasteiger partial charge in [-0.15, -0.1) is 0 Å². The Kier molecular flexibility index (Phi) is 6.60. The van der Waals surface area contributed by atoms with E-state index in [2.05, 4.69) is 30.6 Å². The first kappa shape index (κ1) is 24.5. The van der Waals surface area contributed by atoms with Crippen molar-refractivity contribution in [2.75, 3.05) is 25.5 Å². The lowest BCUT2D eigenvalue weighted by Crippen LogP contribution is -2.50. The van der Waals surface area contributed by atoms with Crippen molar-refractivity contribution in [3.05, 3.63) is 84.8 Å². The second kappa shape index (κ2) is 10.5. The van der Waals surface area contributed by atoms with Crippen LogP contribution in [-0.2, 0) is 0 Å². The van der Waals surface area contributed by atoms with E-state index < -0.39 is 5.82 Å². The fourth-order valence-electron chi connectivity index (χ4n) is 4.13. The zero-order valence-electron chi connectivity index (χ0n) is 21.3. The third-order valence-corrected chi connectivity index (χ3v) is 6.35. The Labute approximate surface area is 224 Å². The molecule has 39 heavy (non-hydrogen) atoms. The van der Waals surface area contributed by atoms with Crippen LogP contribution in [0.5, 0.6) is 23.1 Å². The molecule has 0 amide bonds. The molecule has 196 valence electrons. The lowest BCUT2D eigenvalue weighted by Gasteiger charge is -2.28. The van der Waals surface area contributed by atoms with Crippen molar-refractivity contribution in [2.24, 2.45) is 0 Å². The molecule has 4 heterocycles. The molecule has 0 aliphatic carbocycles. The predicted octanol–water partition coefficient (Wildman–Crippen LogP) is 5.43. The summed E-state index contributed by atoms with van der Waals surface area (Å²) in [4.78, 5) is 17.3. The molecule has 1 aliphatic heterocycles. The minimum absolute atomic E-state index is 0.0612. The minimum Gasteiger partial charge on any atom is -0.493 e. The van der Waals surface area contributed by atoms with Crippen LogP contribution < -0.4 is 24.8 Å². The number of nitrogens with zero attached hydrogens (tertiary/aromatic N) is 4. The third kappa shape index (κ3) is 5.27. The molecule has 9 nitrogen and oxygen atoms in total. The van der Waals surface area contributed by atoms with Crippen molar-refractivity contribution in [3.63, 3.8) is 0 Å². The van der Waals surface area contributed by atoms with E-state index in [0.717, 1.165) is 29.9 Å². The van der Waals surface area contributed by atoms with Crippen molar-refractivity contribution in [1.29, 1.82) is 0 Å². The lowest BCUT2D eigenvalue weighted by atomic mass is 10.1. The zero-order valence-corrected chi connectivity index (χ0v) is 21.3. The van der Waals surface area contributed by atoms with Gasteiger partial charge in [0.15, 0.2) is 11.5 Å². The molecule has 0 saturated carbocycles. The van der Waals surface area contributed by atoms with E-state index in [-0.39, 0.29) is 11.8 Å². The summed E-state index contributed by atoms with van der Waals surface area (Å²) in [6, 6.07) is 15.7. The van der Waals surface area contributed by atoms with Crippen LogP contribution in [0.2, 0.25) is 0 Å². The molecular weight excluding hydrogens is 499 g/mol. The van der Waals surface area contributed by atoms with Crippen LogP contribution in [0.15, 0.2) is 73.3 Å². The van der Waals surface area contributed by atoms with Crippen LogP contribution >= 0.6 is 0 Å². The van der Waals surface area contributed by atoms with E-state index in [1.165, 1.54) is 12.4 Å². The van der Waals surface area contributed by atoms with Gasteiger partial charge in [0.25, 0.3) is 0 Å². The first-order valence-electron chi connectivity index (χ1n) is 12.4. The second-order valence-corrected chi connectivity index (χ2v) is 9.08. The number of anilines is 2. The summed E-state index contributed by atoms with van der Waals surface area (Å²) in [5, 5.41) is 6.92. The van der Waals surface area contributed by atoms with Gasteiger partial charge in [-0.2, -0.15) is 0 Å². The van der Waals surface area contributed by atoms with Crippen molar-refractivity contribution in [2.45, 2.75) is 13.0 Å². The van der Waals surface area contributed by atoms with Crippen LogP contribution in [0.3, 0.4) is 0 Å². The van der Waals surface area contributed by atoms with Gasteiger partial charge in [0.2, 0.25) is 5.88 Å². The summed E-state index contributed by atoms with van der Waals surface area (Å²) < 4.78 is 32.6. The number of pyridine rings is 2. The van der Waals surface area contributed by atoms with Crippen LogP contribution in [0.1, 0.15) is 5.69 Å². The zero-order chi connectivity index (χ0) is 26.8. The van der Waals surface area contributed by atoms with E-state index in [9.17, 15) is 0 Å². The summed E-state index contributed by atoms with van der Waals surface area (Å²) in [6.07, 6.45) is 4.91. The molecule has 2 N–H and O–H groups in total. The minimum atomic E-state index is -0.510. The van der Waals surface area contributed by atoms with Crippen molar-refractivity contribution in [3.8, 4) is 34.3 Å². The van der Waals surface area contributed by atoms with E-state index in [1.807, 2.05) is 31.2 Å². The number of aryl methyl sites for hydroxylation is 1. The molecule has 1 fully saturated rings. The maximum absolute atomic E-state index is 15.2. The summed E-state index contributed by atoms with van der Waals surface area (Å²) in [6.45, 7) is 3.46. The number of fused-ring (bicyclic) bond motifs is 1. The molecule has 3 aromatic heterocycles. The molecular formula is C29H25FN6O3. The van der Waals surface area contributed by atoms with Crippen LogP contribution in [-0.4, -0.2) is 46.2 Å². The number of methoxy groups -OCH3 is 1. The number of rotatable bonds is 8. The fourth-order valence-corrected chi connectivity index (χ4v) is 4.13. The Hall–Kier alpha value is -4.83. The van der Waals surface area contributed by atoms with Gasteiger partial charge in [0.05, 0.1) is 18.3 Å². The summed E-state index contributed by atoms with van der Waals surface area (Å²) in [5.41, 5.74) is 3.64. The first-order chi connectivity index (χ1) is 19.1. The predicted molar refractivity (Wildman–Crippen MR) is 145 cm³/mol. The average Bonchev–Trinajstić information content (AvgIpc) is 2.92. The van der Waals surface area contributed by atoms with Gasteiger partial charge < -0.3 is 24.8 Å². The molecule has 0 unspecified atom stereocenters. The number of aromatic nitrogens is 4. The number of hydrogen-bond donors (Lipinski definition) is 2. The molecule has 0 bridgehead atoms. The first-order valence-corrected chi connectivity index (χ1v) is 12.4. The largest absolute Gasteiger partial charge is 0.493 e. The highest BCUT2D eigenvalue weighted by Crippen LogP contribution is 2.36. The fraction of sp³-hybridized carbons (Fsp3) is 0.172. The van der Waals surface area contributed by atoms with Crippen molar-refractivity contribution in [1.82, 2.24) is 25.3 Å². The monoisotopic (exact) mass is 524 g/mol. The molecule has 1 aliphatic rings. The molecule has 0 spiro atoms. The highest BCUT2D eigenvalue weighted by molar-refractivity contribution is 5.93. The summed E-state index contributed by atoms with van der Waals surface area (Å²) >= 11 is 0. The highest BCUT2D eigenvalue weighted by atomic mass is 19.1. The van der Waals surface area contributed by atoms with Crippen molar-refractivity contribution < 1.29 is 18.6 Å². The van der Waals surface area contributed by atoms with Gasteiger partial charge in [-0.05, 0) is 42.8 Å². The van der Waals surface area contributed by atoms with Gasteiger partial charge >= 0.3 is 0 Å². The van der Waals surface area contributed by atoms with E-state index in [4.69, 9.17) is 14.2 Å². The molecule has 0 atom stereocenters. The number of nitrogens with one attached hydrogen (secondary N) is 2. The Bertz CT molecular complexity index is 1640. The molecule has 5 aromatic rings. The Morgan fingerprint density at radius 3 is 2.56 bits per heavy atom. The van der Waals surface area contributed by atoms with Crippen LogP contribution in [0, 0.1) is 12.7 Å². The maximum Gasteiger partial charge on any atom is 0.219 e. The van der Waals surface area contributed by atoms with Gasteiger partial charge in [0.1, 0.15) is 29.8 Å². The molecule has 6 rings (SSSR count). The highest BCUT2D eigenvalue weighted by Gasteiger charge is 2.21. The number of hydrogen-bond acceptors (Lipinski definition) is 9. The van der Waals surface area contributed by atoms with Crippen LogP contribution in [0.25, 0.3) is 22.0 Å². The van der Waals surface area contributed by atoms with Gasteiger partial charge in [0, 0.05) is 60.3 Å².